The van der Waals surface area contributed by atoms with E-state index < -0.39 is 0 Å². The van der Waals surface area contributed by atoms with Gasteiger partial charge in [-0.05, 0) is 44.5 Å². The van der Waals surface area contributed by atoms with Crippen LogP contribution in [0.5, 0.6) is 5.75 Å². The highest BCUT2D eigenvalue weighted by atomic mass is 16.5. The summed E-state index contributed by atoms with van der Waals surface area (Å²) in [4.78, 5) is 28.7. The molecule has 3 rings (SSSR count). The minimum Gasteiger partial charge on any atom is -0.497 e. The zero-order valence-corrected chi connectivity index (χ0v) is 16.8. The lowest BCUT2D eigenvalue weighted by Crippen LogP contribution is -2.31. The number of hydrogen-bond acceptors (Lipinski definition) is 6. The van der Waals surface area contributed by atoms with Crippen molar-refractivity contribution in [2.24, 2.45) is 0 Å². The van der Waals surface area contributed by atoms with E-state index in [0.717, 1.165) is 28.3 Å². The Balaban J connectivity index is 1.51. The molecule has 2 heterocycles. The van der Waals surface area contributed by atoms with Gasteiger partial charge in [-0.2, -0.15) is 0 Å². The summed E-state index contributed by atoms with van der Waals surface area (Å²) in [6.45, 7) is 4.40. The van der Waals surface area contributed by atoms with Crippen LogP contribution in [0.4, 0.5) is 0 Å². The van der Waals surface area contributed by atoms with Crippen molar-refractivity contribution in [2.45, 2.75) is 33.2 Å². The van der Waals surface area contributed by atoms with Crippen LogP contribution in [0.25, 0.3) is 11.3 Å². The molecule has 0 fully saturated rings. The highest BCUT2D eigenvalue weighted by Crippen LogP contribution is 2.19. The number of benzene rings is 1. The number of aromatic nitrogens is 3. The van der Waals surface area contributed by atoms with Gasteiger partial charge < -0.3 is 14.6 Å². The fourth-order valence-electron chi connectivity index (χ4n) is 3.02. The van der Waals surface area contributed by atoms with E-state index in [9.17, 15) is 9.59 Å². The standard InChI is InChI=1S/C21H24N4O4/c1-14-18(15(2)29-24-14)8-9-20(26)22-10-11-25-13-23-19(12-21(25)27)16-4-6-17(28-3)7-5-16/h4-7,12-13H,8-11H2,1-3H3,(H,22,26). The van der Waals surface area contributed by atoms with Crippen molar-refractivity contribution in [3.63, 3.8) is 0 Å². The van der Waals surface area contributed by atoms with Crippen molar-refractivity contribution < 1.29 is 14.1 Å². The zero-order valence-electron chi connectivity index (χ0n) is 16.8. The molecule has 0 aliphatic rings. The van der Waals surface area contributed by atoms with Crippen LogP contribution >= 0.6 is 0 Å². The molecular weight excluding hydrogens is 372 g/mol. The van der Waals surface area contributed by atoms with Gasteiger partial charge in [-0.1, -0.05) is 5.16 Å². The van der Waals surface area contributed by atoms with E-state index in [0.29, 0.717) is 31.6 Å². The Morgan fingerprint density at radius 3 is 2.62 bits per heavy atom. The minimum absolute atomic E-state index is 0.0825. The third-order valence-electron chi connectivity index (χ3n) is 4.72. The van der Waals surface area contributed by atoms with Gasteiger partial charge in [-0.15, -0.1) is 0 Å². The molecule has 3 aromatic rings. The number of aryl methyl sites for hydroxylation is 2. The first-order valence-electron chi connectivity index (χ1n) is 9.37. The Labute approximate surface area is 168 Å². The summed E-state index contributed by atoms with van der Waals surface area (Å²) in [5.74, 6) is 1.40. The quantitative estimate of drug-likeness (QED) is 0.627. The van der Waals surface area contributed by atoms with Crippen molar-refractivity contribution in [2.75, 3.05) is 13.7 Å². The van der Waals surface area contributed by atoms with Crippen molar-refractivity contribution in [1.82, 2.24) is 20.0 Å². The van der Waals surface area contributed by atoms with Crippen molar-refractivity contribution in [3.05, 3.63) is 64.0 Å². The van der Waals surface area contributed by atoms with Gasteiger partial charge >= 0.3 is 0 Å². The minimum atomic E-state index is -0.171. The van der Waals surface area contributed by atoms with Crippen LogP contribution in [0.3, 0.4) is 0 Å². The molecule has 0 atom stereocenters. The number of ether oxygens (including phenoxy) is 1. The van der Waals surface area contributed by atoms with Crippen LogP contribution in [0.15, 0.2) is 46.0 Å². The molecule has 0 saturated carbocycles. The summed E-state index contributed by atoms with van der Waals surface area (Å²) < 4.78 is 11.7. The smallest absolute Gasteiger partial charge is 0.253 e. The SMILES string of the molecule is COc1ccc(-c2cc(=O)n(CCNC(=O)CCc3c(C)noc3C)cn2)cc1. The molecule has 0 aliphatic carbocycles. The maximum absolute atomic E-state index is 12.3. The van der Waals surface area contributed by atoms with E-state index in [-0.39, 0.29) is 11.5 Å². The van der Waals surface area contributed by atoms with Gasteiger partial charge in [0.15, 0.2) is 0 Å². The second kappa shape index (κ2) is 9.18. The van der Waals surface area contributed by atoms with Gasteiger partial charge in [0, 0.05) is 36.7 Å². The van der Waals surface area contributed by atoms with Gasteiger partial charge in [0.25, 0.3) is 5.56 Å². The van der Waals surface area contributed by atoms with Crippen LogP contribution in [0.1, 0.15) is 23.4 Å². The molecule has 152 valence electrons. The number of hydrogen-bond donors (Lipinski definition) is 1. The first-order valence-corrected chi connectivity index (χ1v) is 9.37. The molecule has 0 saturated heterocycles. The van der Waals surface area contributed by atoms with Crippen LogP contribution in [-0.2, 0) is 17.8 Å². The number of amides is 1. The van der Waals surface area contributed by atoms with E-state index in [4.69, 9.17) is 9.26 Å². The Hall–Kier alpha value is -3.42. The lowest BCUT2D eigenvalue weighted by atomic mass is 10.1. The number of carbonyl (C=O) groups excluding carboxylic acids is 1. The van der Waals surface area contributed by atoms with Crippen molar-refractivity contribution >= 4 is 5.91 Å². The van der Waals surface area contributed by atoms with Crippen molar-refractivity contribution in [1.29, 1.82) is 0 Å². The molecule has 29 heavy (non-hydrogen) atoms. The topological polar surface area (TPSA) is 99.2 Å². The largest absolute Gasteiger partial charge is 0.497 e. The van der Waals surface area contributed by atoms with Crippen LogP contribution in [0, 0.1) is 13.8 Å². The number of nitrogens with zero attached hydrogens (tertiary/aromatic N) is 3. The molecule has 2 aromatic heterocycles. The molecule has 1 amide bonds. The van der Waals surface area contributed by atoms with Crippen LogP contribution in [-0.4, -0.2) is 34.3 Å². The van der Waals surface area contributed by atoms with E-state index in [1.165, 1.54) is 17.0 Å². The summed E-state index contributed by atoms with van der Waals surface area (Å²) in [7, 11) is 1.60. The first kappa shape index (κ1) is 20.3. The Morgan fingerprint density at radius 2 is 2.00 bits per heavy atom. The number of nitrogens with one attached hydrogen (secondary N) is 1. The highest BCUT2D eigenvalue weighted by molar-refractivity contribution is 5.76. The third-order valence-corrected chi connectivity index (χ3v) is 4.72. The zero-order chi connectivity index (χ0) is 20.8. The second-order valence-corrected chi connectivity index (χ2v) is 6.69. The van der Waals surface area contributed by atoms with Crippen LogP contribution in [0.2, 0.25) is 0 Å². The summed E-state index contributed by atoms with van der Waals surface area (Å²) in [6, 6.07) is 8.83. The lowest BCUT2D eigenvalue weighted by Gasteiger charge is -2.08. The Morgan fingerprint density at radius 1 is 1.24 bits per heavy atom. The molecule has 0 radical (unpaired) electrons. The Kier molecular flexibility index (Phi) is 6.43. The molecule has 1 aromatic carbocycles. The number of methoxy groups -OCH3 is 1. The van der Waals surface area contributed by atoms with Crippen molar-refractivity contribution in [3.8, 4) is 17.0 Å². The molecule has 8 heteroatoms. The van der Waals surface area contributed by atoms with Gasteiger partial charge in [0.05, 0.1) is 24.8 Å². The summed E-state index contributed by atoms with van der Waals surface area (Å²) >= 11 is 0. The van der Waals surface area contributed by atoms with Gasteiger partial charge in [-0.3, -0.25) is 14.2 Å². The molecule has 1 N–H and O–H groups in total. The van der Waals surface area contributed by atoms with E-state index in [1.807, 2.05) is 38.1 Å². The van der Waals surface area contributed by atoms with Crippen LogP contribution < -0.4 is 15.6 Å². The molecule has 8 nitrogen and oxygen atoms in total. The molecule has 0 unspecified atom stereocenters. The predicted octanol–water partition coefficient (Wildman–Crippen LogP) is 2.27. The van der Waals surface area contributed by atoms with E-state index in [2.05, 4.69) is 15.5 Å². The fourth-order valence-corrected chi connectivity index (χ4v) is 3.02. The lowest BCUT2D eigenvalue weighted by molar-refractivity contribution is -0.121. The monoisotopic (exact) mass is 396 g/mol. The number of rotatable bonds is 8. The predicted molar refractivity (Wildman–Crippen MR) is 108 cm³/mol. The summed E-state index contributed by atoms with van der Waals surface area (Å²) in [5.41, 5.74) is 3.04. The third kappa shape index (κ3) is 5.10. The Bertz CT molecular complexity index is 1020. The summed E-state index contributed by atoms with van der Waals surface area (Å²) in [5, 5.41) is 6.71. The summed E-state index contributed by atoms with van der Waals surface area (Å²) in [6.07, 6.45) is 2.41. The average Bonchev–Trinajstić information content (AvgIpc) is 3.05. The molecule has 0 aliphatic heterocycles. The van der Waals surface area contributed by atoms with Gasteiger partial charge in [-0.25, -0.2) is 4.98 Å². The van der Waals surface area contributed by atoms with E-state index >= 15 is 0 Å². The molecule has 0 bridgehead atoms. The van der Waals surface area contributed by atoms with Gasteiger partial charge in [0.2, 0.25) is 5.91 Å². The first-order chi connectivity index (χ1) is 14.0. The maximum Gasteiger partial charge on any atom is 0.253 e. The van der Waals surface area contributed by atoms with E-state index in [1.54, 1.807) is 7.11 Å². The number of carbonyl (C=O) groups is 1. The second-order valence-electron chi connectivity index (χ2n) is 6.69. The normalized spacial score (nSPS) is 10.7. The van der Waals surface area contributed by atoms with Gasteiger partial charge in [0.1, 0.15) is 11.5 Å². The molecular formula is C21H24N4O4. The molecule has 0 spiro atoms. The fraction of sp³-hybridized carbons (Fsp3) is 0.333. The maximum atomic E-state index is 12.3. The average molecular weight is 396 g/mol. The highest BCUT2D eigenvalue weighted by Gasteiger charge is 2.11.